The Bertz CT molecular complexity index is 1410. The third-order valence-corrected chi connectivity index (χ3v) is 9.27. The number of ether oxygens (including phenoxy) is 1. The summed E-state index contributed by atoms with van der Waals surface area (Å²) in [6, 6.07) is 2.54. The minimum absolute atomic E-state index is 0.0251. The first kappa shape index (κ1) is 33.6. The number of aliphatic hydroxyl groups is 2. The van der Waals surface area contributed by atoms with E-state index in [0.29, 0.717) is 0 Å². The Balaban J connectivity index is 1.91. The van der Waals surface area contributed by atoms with Gasteiger partial charge < -0.3 is 20.3 Å². The lowest BCUT2D eigenvalue weighted by atomic mass is 9.82. The molecular formula is C26H35F5N4O6S. The number of aliphatic hydroxyl groups excluding tert-OH is 1. The normalized spacial score (nSPS) is 21.9. The molecule has 1 fully saturated rings. The maximum absolute atomic E-state index is 13.4. The number of sulfone groups is 1. The summed E-state index contributed by atoms with van der Waals surface area (Å²) in [5, 5.41) is 27.3. The first-order chi connectivity index (χ1) is 19.2. The third kappa shape index (κ3) is 7.19. The van der Waals surface area contributed by atoms with Gasteiger partial charge in [0.15, 0.2) is 5.69 Å². The number of carbonyl (C=O) groups is 1. The molecule has 1 saturated carbocycles. The lowest BCUT2D eigenvalue weighted by molar-refractivity contribution is -0.211. The van der Waals surface area contributed by atoms with Crippen molar-refractivity contribution >= 4 is 15.7 Å². The maximum Gasteiger partial charge on any atom is 0.394 e. The average Bonchev–Trinajstić information content (AvgIpc) is 3.18. The smallest absolute Gasteiger partial charge is 0.394 e. The zero-order valence-corrected chi connectivity index (χ0v) is 24.6. The van der Waals surface area contributed by atoms with E-state index in [0.717, 1.165) is 20.1 Å². The van der Waals surface area contributed by atoms with Crippen LogP contribution in [0.5, 0.6) is 5.88 Å². The number of alkyl halides is 5. The third-order valence-electron chi connectivity index (χ3n) is 7.63. The van der Waals surface area contributed by atoms with Crippen LogP contribution >= 0.6 is 0 Å². The van der Waals surface area contributed by atoms with Crippen LogP contribution in [0.1, 0.15) is 61.8 Å². The maximum atomic E-state index is 13.4. The number of hydrogen-bond acceptors (Lipinski definition) is 8. The van der Waals surface area contributed by atoms with Crippen molar-refractivity contribution in [2.75, 3.05) is 12.8 Å². The van der Waals surface area contributed by atoms with Crippen molar-refractivity contribution in [3.8, 4) is 17.1 Å². The summed E-state index contributed by atoms with van der Waals surface area (Å²) < 4.78 is 96.5. The van der Waals surface area contributed by atoms with Crippen molar-refractivity contribution < 1.29 is 50.1 Å². The molecule has 0 unspecified atom stereocenters. The number of hydrogen-bond donors (Lipinski definition) is 3. The zero-order chi connectivity index (χ0) is 31.8. The van der Waals surface area contributed by atoms with Gasteiger partial charge in [-0.1, -0.05) is 13.8 Å². The van der Waals surface area contributed by atoms with Gasteiger partial charge >= 0.3 is 12.8 Å². The van der Waals surface area contributed by atoms with Gasteiger partial charge in [0.1, 0.15) is 15.4 Å². The molecule has 0 radical (unpaired) electrons. The van der Waals surface area contributed by atoms with E-state index in [4.69, 9.17) is 0 Å². The van der Waals surface area contributed by atoms with E-state index < -0.39 is 69.7 Å². The molecule has 3 N–H and O–H groups in total. The van der Waals surface area contributed by atoms with Gasteiger partial charge in [0.25, 0.3) is 5.91 Å². The SMILES string of the molecule is CCn1nc(C(=O)NC[C@@]2(O)CC[C@H](S(C)(=O)=O)C[C@@H]2O)c(C)c1-c1ccc(CC(C)(C)C(F)(F)F)nc1OC(F)F. The molecular weight excluding hydrogens is 591 g/mol. The van der Waals surface area contributed by atoms with Crippen LogP contribution in [-0.4, -0.2) is 81.8 Å². The van der Waals surface area contributed by atoms with E-state index in [1.165, 1.54) is 23.7 Å². The molecule has 3 atom stereocenters. The second-order valence-electron chi connectivity index (χ2n) is 11.3. The highest BCUT2D eigenvalue weighted by molar-refractivity contribution is 7.91. The van der Waals surface area contributed by atoms with Gasteiger partial charge in [-0.25, -0.2) is 13.4 Å². The second-order valence-corrected chi connectivity index (χ2v) is 13.6. The van der Waals surface area contributed by atoms with E-state index in [1.54, 1.807) is 6.92 Å². The standard InChI is InChI=1S/C26H35F5N4O6S/c1-6-35-20(17-8-7-15(33-22(17)41-23(27)28)12-24(3,4)26(29,30)31)14(2)19(34-35)21(37)32-13-25(38)10-9-16(11-18(25)36)42(5,39)40/h7-8,16,18,23,36,38H,6,9-13H2,1-5H3,(H,32,37)/t16-,18-,25-/m0/s1. The summed E-state index contributed by atoms with van der Waals surface area (Å²) in [5.41, 5.74) is -3.90. The molecule has 0 saturated heterocycles. The molecule has 10 nitrogen and oxygen atoms in total. The Hall–Kier alpha value is -2.85. The fourth-order valence-electron chi connectivity index (χ4n) is 4.90. The molecule has 1 amide bonds. The summed E-state index contributed by atoms with van der Waals surface area (Å²) in [6.45, 7) is 1.48. The van der Waals surface area contributed by atoms with E-state index in [2.05, 4.69) is 20.1 Å². The molecule has 42 heavy (non-hydrogen) atoms. The van der Waals surface area contributed by atoms with Gasteiger partial charge in [0.05, 0.1) is 28.0 Å². The molecule has 0 bridgehead atoms. The zero-order valence-electron chi connectivity index (χ0n) is 23.8. The molecule has 2 heterocycles. The Morgan fingerprint density at radius 2 is 1.93 bits per heavy atom. The number of halogens is 5. The molecule has 236 valence electrons. The summed E-state index contributed by atoms with van der Waals surface area (Å²) >= 11 is 0. The number of pyridine rings is 1. The largest absolute Gasteiger partial charge is 0.416 e. The lowest BCUT2D eigenvalue weighted by Gasteiger charge is -2.39. The highest BCUT2D eigenvalue weighted by Crippen LogP contribution is 2.41. The summed E-state index contributed by atoms with van der Waals surface area (Å²) in [6.07, 6.45) is -5.75. The molecule has 0 aromatic carbocycles. The van der Waals surface area contributed by atoms with Gasteiger partial charge in [-0.15, -0.1) is 0 Å². The van der Waals surface area contributed by atoms with Crippen molar-refractivity contribution in [2.24, 2.45) is 5.41 Å². The van der Waals surface area contributed by atoms with Crippen LogP contribution in [0.3, 0.4) is 0 Å². The Morgan fingerprint density at radius 1 is 1.29 bits per heavy atom. The van der Waals surface area contributed by atoms with Gasteiger partial charge in [0.2, 0.25) is 5.88 Å². The molecule has 16 heteroatoms. The molecule has 2 aromatic heterocycles. The van der Waals surface area contributed by atoms with Crippen LogP contribution in [0.25, 0.3) is 11.3 Å². The molecule has 2 aromatic rings. The Morgan fingerprint density at radius 3 is 2.45 bits per heavy atom. The number of amides is 1. The summed E-state index contributed by atoms with van der Waals surface area (Å²) in [4.78, 5) is 17.1. The highest BCUT2D eigenvalue weighted by Gasteiger charge is 2.47. The van der Waals surface area contributed by atoms with Crippen LogP contribution in [0.15, 0.2) is 12.1 Å². The van der Waals surface area contributed by atoms with Crippen LogP contribution in [0.2, 0.25) is 0 Å². The number of aryl methyl sites for hydroxylation is 1. The van der Waals surface area contributed by atoms with Crippen molar-refractivity contribution in [1.82, 2.24) is 20.1 Å². The van der Waals surface area contributed by atoms with Crippen LogP contribution < -0.4 is 10.1 Å². The number of rotatable bonds is 10. The fourth-order valence-corrected chi connectivity index (χ4v) is 5.98. The highest BCUT2D eigenvalue weighted by atomic mass is 32.2. The van der Waals surface area contributed by atoms with E-state index in [1.807, 2.05) is 0 Å². The van der Waals surface area contributed by atoms with Crippen LogP contribution in [-0.2, 0) is 22.8 Å². The molecule has 0 aliphatic heterocycles. The molecule has 3 rings (SSSR count). The minimum atomic E-state index is -4.58. The lowest BCUT2D eigenvalue weighted by Crippen LogP contribution is -2.56. The molecule has 1 aliphatic rings. The predicted molar refractivity (Wildman–Crippen MR) is 142 cm³/mol. The topological polar surface area (TPSA) is 144 Å². The summed E-state index contributed by atoms with van der Waals surface area (Å²) in [5.74, 6) is -1.40. The van der Waals surface area contributed by atoms with Gasteiger partial charge in [-0.2, -0.15) is 27.1 Å². The van der Waals surface area contributed by atoms with Crippen molar-refractivity contribution in [3.05, 3.63) is 29.1 Å². The second kappa shape index (κ2) is 12.0. The van der Waals surface area contributed by atoms with E-state index in [-0.39, 0.29) is 54.0 Å². The number of carbonyl (C=O) groups excluding carboxylic acids is 1. The molecule has 0 spiro atoms. The van der Waals surface area contributed by atoms with Gasteiger partial charge in [0, 0.05) is 37.0 Å². The number of nitrogens with one attached hydrogen (secondary N) is 1. The first-order valence-electron chi connectivity index (χ1n) is 13.2. The molecule has 1 aliphatic carbocycles. The fraction of sp³-hybridized carbons (Fsp3) is 0.654. The quantitative estimate of drug-likeness (QED) is 0.341. The van der Waals surface area contributed by atoms with Gasteiger partial charge in [-0.3, -0.25) is 9.48 Å². The monoisotopic (exact) mass is 626 g/mol. The van der Waals surface area contributed by atoms with Gasteiger partial charge in [-0.05, 0) is 45.2 Å². The average molecular weight is 627 g/mol. The van der Waals surface area contributed by atoms with E-state index >= 15 is 0 Å². The summed E-state index contributed by atoms with van der Waals surface area (Å²) in [7, 11) is -3.43. The Labute approximate surface area is 240 Å². The predicted octanol–water partition coefficient (Wildman–Crippen LogP) is 3.42. The van der Waals surface area contributed by atoms with Crippen LogP contribution in [0.4, 0.5) is 22.0 Å². The van der Waals surface area contributed by atoms with Crippen molar-refractivity contribution in [1.29, 1.82) is 0 Å². The van der Waals surface area contributed by atoms with Crippen LogP contribution in [0, 0.1) is 12.3 Å². The van der Waals surface area contributed by atoms with Crippen molar-refractivity contribution in [2.45, 2.75) is 89.7 Å². The minimum Gasteiger partial charge on any atom is -0.416 e. The first-order valence-corrected chi connectivity index (χ1v) is 15.1. The number of aromatic nitrogens is 3. The van der Waals surface area contributed by atoms with Crippen molar-refractivity contribution in [3.63, 3.8) is 0 Å². The number of nitrogens with zero attached hydrogens (tertiary/aromatic N) is 3. The van der Waals surface area contributed by atoms with E-state index in [9.17, 15) is 45.4 Å². The Kier molecular flexibility index (Phi) is 9.64.